The van der Waals surface area contributed by atoms with E-state index in [-0.39, 0.29) is 13.2 Å². The minimum atomic E-state index is -0.754. The maximum absolute atomic E-state index is 10.6. The third-order valence-corrected chi connectivity index (χ3v) is 1.28. The zero-order valence-electron chi connectivity index (χ0n) is 10.4. The van der Waals surface area contributed by atoms with Gasteiger partial charge in [-0.25, -0.2) is 0 Å². The van der Waals surface area contributed by atoms with Crippen molar-refractivity contribution >= 4 is 17.9 Å². The Morgan fingerprint density at radius 3 is 1.47 bits per heavy atom. The maximum atomic E-state index is 10.6. The lowest BCUT2D eigenvalue weighted by Crippen LogP contribution is -2.29. The molecule has 7 nitrogen and oxygen atoms in total. The molecular formula is C10H18O7. The van der Waals surface area contributed by atoms with E-state index in [1.165, 1.54) is 20.8 Å². The van der Waals surface area contributed by atoms with E-state index in [9.17, 15) is 14.4 Å². The fourth-order valence-corrected chi connectivity index (χ4v) is 0.771. The van der Waals surface area contributed by atoms with Crippen LogP contribution in [0.2, 0.25) is 0 Å². The van der Waals surface area contributed by atoms with Crippen LogP contribution in [0.25, 0.3) is 0 Å². The second-order valence-corrected chi connectivity index (χ2v) is 2.84. The van der Waals surface area contributed by atoms with Gasteiger partial charge in [0.15, 0.2) is 6.10 Å². The summed E-state index contributed by atoms with van der Waals surface area (Å²) in [6.45, 7) is 3.44. The van der Waals surface area contributed by atoms with Crippen LogP contribution in [-0.2, 0) is 28.6 Å². The van der Waals surface area contributed by atoms with E-state index in [4.69, 9.17) is 9.84 Å². The van der Waals surface area contributed by atoms with Gasteiger partial charge in [0.1, 0.15) is 13.2 Å². The number of ether oxygens (including phenoxy) is 3. The Morgan fingerprint density at radius 1 is 0.882 bits per heavy atom. The van der Waals surface area contributed by atoms with Gasteiger partial charge in [0.25, 0.3) is 0 Å². The molecular weight excluding hydrogens is 232 g/mol. The number of hydrogen-bond donors (Lipinski definition) is 1. The molecule has 0 aromatic carbocycles. The van der Waals surface area contributed by atoms with Crippen molar-refractivity contribution < 1.29 is 33.7 Å². The van der Waals surface area contributed by atoms with Crippen LogP contribution in [0.4, 0.5) is 0 Å². The van der Waals surface area contributed by atoms with Gasteiger partial charge in [0.2, 0.25) is 0 Å². The zero-order chi connectivity index (χ0) is 13.8. The molecule has 100 valence electrons. The molecule has 0 saturated heterocycles. The van der Waals surface area contributed by atoms with Gasteiger partial charge in [0.05, 0.1) is 0 Å². The molecule has 0 aromatic heterocycles. The highest BCUT2D eigenvalue weighted by atomic mass is 16.6. The predicted molar refractivity (Wildman–Crippen MR) is 57.0 cm³/mol. The summed E-state index contributed by atoms with van der Waals surface area (Å²) in [4.78, 5) is 31.6. The minimum Gasteiger partial charge on any atom is -0.462 e. The molecule has 0 aromatic rings. The van der Waals surface area contributed by atoms with E-state index in [1.54, 1.807) is 0 Å². The molecule has 0 atom stereocenters. The SMILES string of the molecule is CC(=O)OCC(COC(C)=O)OC(C)=O.CO. The Balaban J connectivity index is 0. The zero-order valence-corrected chi connectivity index (χ0v) is 10.4. The van der Waals surface area contributed by atoms with E-state index < -0.39 is 24.0 Å². The van der Waals surface area contributed by atoms with Crippen LogP contribution in [0.15, 0.2) is 0 Å². The second-order valence-electron chi connectivity index (χ2n) is 2.84. The van der Waals surface area contributed by atoms with Gasteiger partial charge in [-0.2, -0.15) is 0 Å². The van der Waals surface area contributed by atoms with Crippen molar-refractivity contribution in [1.82, 2.24) is 0 Å². The van der Waals surface area contributed by atoms with Crippen LogP contribution in [-0.4, -0.2) is 49.4 Å². The summed E-state index contributed by atoms with van der Waals surface area (Å²) in [6.07, 6.45) is -0.754. The minimum absolute atomic E-state index is 0.123. The molecule has 0 aliphatic heterocycles. The Morgan fingerprint density at radius 2 is 1.24 bits per heavy atom. The Kier molecular flexibility index (Phi) is 11.4. The van der Waals surface area contributed by atoms with E-state index in [0.717, 1.165) is 7.11 Å². The smallest absolute Gasteiger partial charge is 0.303 e. The topological polar surface area (TPSA) is 99.1 Å². The lowest BCUT2D eigenvalue weighted by molar-refractivity contribution is -0.163. The summed E-state index contributed by atoms with van der Waals surface area (Å²) < 4.78 is 14.0. The van der Waals surface area contributed by atoms with Gasteiger partial charge in [-0.05, 0) is 0 Å². The van der Waals surface area contributed by atoms with Crippen LogP contribution in [0, 0.1) is 0 Å². The molecule has 0 fully saturated rings. The largest absolute Gasteiger partial charge is 0.462 e. The normalized spacial score (nSPS) is 8.82. The number of carbonyl (C=O) groups is 3. The third kappa shape index (κ3) is 14.4. The molecule has 1 N–H and O–H groups in total. The van der Waals surface area contributed by atoms with Crippen LogP contribution < -0.4 is 0 Å². The van der Waals surface area contributed by atoms with Gasteiger partial charge < -0.3 is 19.3 Å². The highest BCUT2D eigenvalue weighted by Gasteiger charge is 2.15. The van der Waals surface area contributed by atoms with E-state index in [2.05, 4.69) is 9.47 Å². The van der Waals surface area contributed by atoms with E-state index in [0.29, 0.717) is 0 Å². The van der Waals surface area contributed by atoms with Gasteiger partial charge >= 0.3 is 17.9 Å². The molecule has 0 spiro atoms. The lowest BCUT2D eigenvalue weighted by Gasteiger charge is -2.15. The first-order chi connectivity index (χ1) is 7.91. The average Bonchev–Trinajstić information content (AvgIpc) is 2.24. The van der Waals surface area contributed by atoms with Crippen LogP contribution >= 0.6 is 0 Å². The molecule has 0 unspecified atom stereocenters. The average molecular weight is 250 g/mol. The molecule has 17 heavy (non-hydrogen) atoms. The number of aliphatic hydroxyl groups is 1. The van der Waals surface area contributed by atoms with Gasteiger partial charge in [-0.3, -0.25) is 14.4 Å². The summed E-state index contributed by atoms with van der Waals surface area (Å²) in [5, 5.41) is 7.00. The molecule has 0 amide bonds. The molecule has 0 aliphatic carbocycles. The molecule has 0 saturated carbocycles. The predicted octanol–water partition coefficient (Wildman–Crippen LogP) is -0.347. The van der Waals surface area contributed by atoms with Crippen molar-refractivity contribution in [1.29, 1.82) is 0 Å². The number of aliphatic hydroxyl groups excluding tert-OH is 1. The molecule has 0 bridgehead atoms. The summed E-state index contributed by atoms with van der Waals surface area (Å²) in [5.41, 5.74) is 0. The number of rotatable bonds is 5. The third-order valence-electron chi connectivity index (χ3n) is 1.28. The molecule has 7 heteroatoms. The maximum Gasteiger partial charge on any atom is 0.303 e. The van der Waals surface area contributed by atoms with E-state index in [1.807, 2.05) is 0 Å². The Labute approximate surface area is 99.6 Å². The molecule has 0 heterocycles. The highest BCUT2D eigenvalue weighted by molar-refractivity contribution is 5.67. The van der Waals surface area contributed by atoms with Crippen molar-refractivity contribution in [2.24, 2.45) is 0 Å². The quantitative estimate of drug-likeness (QED) is 0.526. The van der Waals surface area contributed by atoms with Crippen LogP contribution in [0.5, 0.6) is 0 Å². The summed E-state index contributed by atoms with van der Waals surface area (Å²) in [7, 11) is 1.00. The van der Waals surface area contributed by atoms with Gasteiger partial charge in [0, 0.05) is 27.9 Å². The molecule has 0 rings (SSSR count). The van der Waals surface area contributed by atoms with Crippen molar-refractivity contribution in [3.8, 4) is 0 Å². The number of esters is 3. The highest BCUT2D eigenvalue weighted by Crippen LogP contribution is 1.97. The summed E-state index contributed by atoms with van der Waals surface area (Å²) in [6, 6.07) is 0. The first kappa shape index (κ1) is 17.8. The van der Waals surface area contributed by atoms with Crippen LogP contribution in [0.3, 0.4) is 0 Å². The van der Waals surface area contributed by atoms with Gasteiger partial charge in [-0.15, -0.1) is 0 Å². The fourth-order valence-electron chi connectivity index (χ4n) is 0.771. The lowest BCUT2D eigenvalue weighted by atomic mass is 10.4. The molecule has 0 radical (unpaired) electrons. The first-order valence-electron chi connectivity index (χ1n) is 4.80. The number of hydrogen-bond acceptors (Lipinski definition) is 7. The van der Waals surface area contributed by atoms with Crippen LogP contribution in [0.1, 0.15) is 20.8 Å². The monoisotopic (exact) mass is 250 g/mol. The first-order valence-corrected chi connectivity index (χ1v) is 4.80. The Bertz CT molecular complexity index is 231. The fraction of sp³-hybridized carbons (Fsp3) is 0.700. The van der Waals surface area contributed by atoms with E-state index >= 15 is 0 Å². The van der Waals surface area contributed by atoms with Gasteiger partial charge in [-0.1, -0.05) is 0 Å². The summed E-state index contributed by atoms with van der Waals surface area (Å²) >= 11 is 0. The van der Waals surface area contributed by atoms with Crippen molar-refractivity contribution in [3.05, 3.63) is 0 Å². The van der Waals surface area contributed by atoms with Crippen molar-refractivity contribution in [2.45, 2.75) is 26.9 Å². The second kappa shape index (κ2) is 10.9. The van der Waals surface area contributed by atoms with Crippen molar-refractivity contribution in [2.75, 3.05) is 20.3 Å². The number of carbonyl (C=O) groups excluding carboxylic acids is 3. The Hall–Kier alpha value is -1.63. The summed E-state index contributed by atoms with van der Waals surface area (Å²) in [5.74, 6) is -1.51. The van der Waals surface area contributed by atoms with Crippen molar-refractivity contribution in [3.63, 3.8) is 0 Å². The molecule has 0 aliphatic rings. The standard InChI is InChI=1S/C9H14O6.CH4O/c1-6(10)13-4-9(15-8(3)12)5-14-7(2)11;1-2/h9H,4-5H2,1-3H3;2H,1H3.